The van der Waals surface area contributed by atoms with E-state index in [1.807, 2.05) is 64.8 Å². The highest BCUT2D eigenvalue weighted by atomic mass is 16.2. The van der Waals surface area contributed by atoms with Crippen LogP contribution in [0.5, 0.6) is 0 Å². The van der Waals surface area contributed by atoms with Gasteiger partial charge in [-0.3, -0.25) is 9.79 Å². The lowest BCUT2D eigenvalue weighted by Gasteiger charge is -2.16. The maximum Gasteiger partial charge on any atom is 0.254 e. The van der Waals surface area contributed by atoms with Crippen LogP contribution in [0.3, 0.4) is 0 Å². The van der Waals surface area contributed by atoms with Crippen molar-refractivity contribution in [2.24, 2.45) is 9.98 Å². The fourth-order valence-corrected chi connectivity index (χ4v) is 2.51. The molecule has 0 spiro atoms. The van der Waals surface area contributed by atoms with Gasteiger partial charge in [-0.15, -0.1) is 6.58 Å². The number of carbonyl (C=O) groups is 1. The SMILES string of the molecule is C=CC.C=NC/N=C(/C)NC=C(C)C.Cc1ccc(C)c(C(=O)N2CCCC2)c1. The molecule has 29 heavy (non-hydrogen) atoms. The number of nitrogens with one attached hydrogen (secondary N) is 1. The molecular formula is C24H38N4O. The zero-order valence-corrected chi connectivity index (χ0v) is 19.1. The normalized spacial score (nSPS) is 12.6. The van der Waals surface area contributed by atoms with Gasteiger partial charge in [-0.2, -0.15) is 0 Å². The van der Waals surface area contributed by atoms with E-state index in [9.17, 15) is 4.79 Å². The first-order chi connectivity index (χ1) is 13.8. The fourth-order valence-electron chi connectivity index (χ4n) is 2.51. The van der Waals surface area contributed by atoms with Crippen LogP contribution in [0, 0.1) is 13.8 Å². The number of benzene rings is 1. The third kappa shape index (κ3) is 11.7. The van der Waals surface area contributed by atoms with Gasteiger partial charge in [0.1, 0.15) is 6.67 Å². The summed E-state index contributed by atoms with van der Waals surface area (Å²) in [4.78, 5) is 21.8. The second-order valence-corrected chi connectivity index (χ2v) is 7.20. The molecule has 0 atom stereocenters. The Morgan fingerprint density at radius 2 is 1.79 bits per heavy atom. The fraction of sp³-hybridized carbons (Fsp3) is 0.458. The molecule has 1 aliphatic heterocycles. The van der Waals surface area contributed by atoms with Crippen LogP contribution in [0.1, 0.15) is 62.0 Å². The van der Waals surface area contributed by atoms with Crippen LogP contribution in [-0.4, -0.2) is 43.1 Å². The van der Waals surface area contributed by atoms with E-state index >= 15 is 0 Å². The van der Waals surface area contributed by atoms with Crippen molar-refractivity contribution in [1.29, 1.82) is 0 Å². The predicted octanol–water partition coefficient (Wildman–Crippen LogP) is 5.31. The largest absolute Gasteiger partial charge is 0.351 e. The van der Waals surface area contributed by atoms with E-state index in [-0.39, 0.29) is 5.91 Å². The molecule has 1 saturated heterocycles. The maximum absolute atomic E-state index is 12.1. The molecule has 1 fully saturated rings. The van der Waals surface area contributed by atoms with Crippen molar-refractivity contribution in [1.82, 2.24) is 10.2 Å². The van der Waals surface area contributed by atoms with Gasteiger partial charge in [0.2, 0.25) is 0 Å². The van der Waals surface area contributed by atoms with Crippen molar-refractivity contribution in [3.05, 3.63) is 59.3 Å². The van der Waals surface area contributed by atoms with Gasteiger partial charge in [0.05, 0.1) is 5.84 Å². The number of aryl methyl sites for hydroxylation is 2. The molecule has 1 amide bonds. The number of aliphatic imine (C=N–C) groups is 2. The van der Waals surface area contributed by atoms with E-state index in [0.29, 0.717) is 6.67 Å². The minimum atomic E-state index is 0.203. The Kier molecular flexibility index (Phi) is 13.8. The zero-order chi connectivity index (χ0) is 22.2. The number of amidine groups is 1. The van der Waals surface area contributed by atoms with Crippen LogP contribution in [0.25, 0.3) is 0 Å². The van der Waals surface area contributed by atoms with Gasteiger partial charge < -0.3 is 10.2 Å². The van der Waals surface area contributed by atoms with E-state index in [4.69, 9.17) is 0 Å². The van der Waals surface area contributed by atoms with Crippen LogP contribution in [-0.2, 0) is 0 Å². The van der Waals surface area contributed by atoms with Crippen LogP contribution < -0.4 is 5.32 Å². The van der Waals surface area contributed by atoms with Gasteiger partial charge >= 0.3 is 0 Å². The van der Waals surface area contributed by atoms with Gasteiger partial charge in [-0.05, 0) is 72.7 Å². The molecular weight excluding hydrogens is 360 g/mol. The van der Waals surface area contributed by atoms with Gasteiger partial charge in [-0.25, -0.2) is 4.99 Å². The number of likely N-dealkylation sites (tertiary alicyclic amines) is 1. The standard InChI is InChI=1S/C13H17NO.C8H15N3.C3H6/c1-10-5-6-11(2)12(9-10)13(15)14-7-3-4-8-14;1-7(2)5-10-8(3)11-6-9-4;1-3-2/h5-6,9H,3-4,7-8H2,1-2H3;5H,4,6H2,1-3H3,(H,10,11);3H,1H2,2H3. The van der Waals surface area contributed by atoms with Gasteiger partial charge in [0.25, 0.3) is 5.91 Å². The second-order valence-electron chi connectivity index (χ2n) is 7.20. The monoisotopic (exact) mass is 398 g/mol. The lowest BCUT2D eigenvalue weighted by molar-refractivity contribution is 0.0792. The van der Waals surface area contributed by atoms with Gasteiger partial charge in [0.15, 0.2) is 0 Å². The van der Waals surface area contributed by atoms with Gasteiger partial charge in [-0.1, -0.05) is 29.3 Å². The molecule has 5 nitrogen and oxygen atoms in total. The Labute approximate surface area is 177 Å². The Morgan fingerprint density at radius 3 is 2.31 bits per heavy atom. The third-order valence-electron chi connectivity index (χ3n) is 3.99. The molecule has 0 saturated carbocycles. The summed E-state index contributed by atoms with van der Waals surface area (Å²) in [7, 11) is 0. The number of carbonyl (C=O) groups excluding carboxylic acids is 1. The molecule has 0 aliphatic carbocycles. The topological polar surface area (TPSA) is 57.1 Å². The van der Waals surface area contributed by atoms with E-state index in [1.165, 1.54) is 5.57 Å². The van der Waals surface area contributed by atoms with Crippen molar-refractivity contribution in [2.75, 3.05) is 19.8 Å². The smallest absolute Gasteiger partial charge is 0.254 e. The van der Waals surface area contributed by atoms with Crippen LogP contribution in [0.15, 0.2) is 52.6 Å². The van der Waals surface area contributed by atoms with Crippen molar-refractivity contribution in [3.63, 3.8) is 0 Å². The molecule has 0 unspecified atom stereocenters. The second kappa shape index (κ2) is 15.3. The summed E-state index contributed by atoms with van der Waals surface area (Å²) in [6.45, 7) is 20.8. The molecule has 1 aromatic carbocycles. The maximum atomic E-state index is 12.1. The summed E-state index contributed by atoms with van der Waals surface area (Å²) in [5, 5.41) is 3.02. The predicted molar refractivity (Wildman–Crippen MR) is 127 cm³/mol. The van der Waals surface area contributed by atoms with Crippen LogP contribution in [0.2, 0.25) is 0 Å². The van der Waals surface area contributed by atoms with E-state index < -0.39 is 0 Å². The number of nitrogens with zero attached hydrogens (tertiary/aromatic N) is 3. The number of allylic oxidation sites excluding steroid dienone is 2. The average Bonchev–Trinajstić information content (AvgIpc) is 3.22. The van der Waals surface area contributed by atoms with Gasteiger partial charge in [0, 0.05) is 24.9 Å². The first kappa shape index (κ1) is 26.3. The molecule has 2 rings (SSSR count). The Morgan fingerprint density at radius 1 is 1.21 bits per heavy atom. The zero-order valence-electron chi connectivity index (χ0n) is 19.1. The van der Waals surface area contributed by atoms with Crippen molar-refractivity contribution < 1.29 is 4.79 Å². The molecule has 0 radical (unpaired) electrons. The summed E-state index contributed by atoms with van der Waals surface area (Å²) in [6, 6.07) is 6.07. The molecule has 0 bridgehead atoms. The molecule has 1 heterocycles. The van der Waals surface area contributed by atoms with Crippen molar-refractivity contribution in [2.45, 2.75) is 54.4 Å². The first-order valence-electron chi connectivity index (χ1n) is 10.0. The Hall–Kier alpha value is -2.69. The highest BCUT2D eigenvalue weighted by Gasteiger charge is 2.20. The van der Waals surface area contributed by atoms with Crippen molar-refractivity contribution >= 4 is 18.5 Å². The van der Waals surface area contributed by atoms with E-state index in [2.05, 4.69) is 34.7 Å². The molecule has 1 aromatic rings. The summed E-state index contributed by atoms with van der Waals surface area (Å²) in [5.41, 5.74) is 4.32. The highest BCUT2D eigenvalue weighted by molar-refractivity contribution is 5.96. The summed E-state index contributed by atoms with van der Waals surface area (Å²) < 4.78 is 0. The number of rotatable bonds is 4. The molecule has 0 aromatic heterocycles. The quantitative estimate of drug-likeness (QED) is 0.424. The summed E-state index contributed by atoms with van der Waals surface area (Å²) in [6.07, 6.45) is 5.95. The molecule has 160 valence electrons. The minimum Gasteiger partial charge on any atom is -0.351 e. The van der Waals surface area contributed by atoms with E-state index in [0.717, 1.165) is 48.5 Å². The summed E-state index contributed by atoms with van der Waals surface area (Å²) >= 11 is 0. The third-order valence-corrected chi connectivity index (χ3v) is 3.99. The number of amides is 1. The molecule has 1 aliphatic rings. The minimum absolute atomic E-state index is 0.203. The molecule has 1 N–H and O–H groups in total. The Balaban J connectivity index is 0.000000497. The average molecular weight is 399 g/mol. The number of hydrogen-bond acceptors (Lipinski definition) is 3. The lowest BCUT2D eigenvalue weighted by atomic mass is 10.0. The Bertz CT molecular complexity index is 710. The molecule has 5 heteroatoms. The summed E-state index contributed by atoms with van der Waals surface area (Å²) in [5.74, 6) is 1.06. The van der Waals surface area contributed by atoms with Crippen LogP contribution in [0.4, 0.5) is 0 Å². The van der Waals surface area contributed by atoms with Crippen LogP contribution >= 0.6 is 0 Å². The van der Waals surface area contributed by atoms with Crippen molar-refractivity contribution in [3.8, 4) is 0 Å². The lowest BCUT2D eigenvalue weighted by Crippen LogP contribution is -2.28. The number of hydrogen-bond donors (Lipinski definition) is 1. The highest BCUT2D eigenvalue weighted by Crippen LogP contribution is 2.17. The van der Waals surface area contributed by atoms with E-state index in [1.54, 1.807) is 6.08 Å². The first-order valence-corrected chi connectivity index (χ1v) is 10.0.